The molecule has 16 heavy (non-hydrogen) atoms. The second-order valence-corrected chi connectivity index (χ2v) is 6.78. The van der Waals surface area contributed by atoms with Crippen molar-refractivity contribution in [3.8, 4) is 0 Å². The van der Waals surface area contributed by atoms with Crippen molar-refractivity contribution >= 4 is 20.8 Å². The highest BCUT2D eigenvalue weighted by Crippen LogP contribution is 2.06. The normalized spacial score (nSPS) is 13.6. The summed E-state index contributed by atoms with van der Waals surface area (Å²) >= 11 is 0. The summed E-state index contributed by atoms with van der Waals surface area (Å²) < 4.78 is 36.9. The Morgan fingerprint density at radius 2 is 1.88 bits per heavy atom. The third kappa shape index (κ3) is 4.03. The number of rotatable bonds is 6. The highest BCUT2D eigenvalue weighted by Gasteiger charge is 2.12. The van der Waals surface area contributed by atoms with Gasteiger partial charge in [-0.1, -0.05) is 25.1 Å². The lowest BCUT2D eigenvalue weighted by Crippen LogP contribution is -2.28. The molecule has 1 atom stereocenters. The van der Waals surface area contributed by atoms with Gasteiger partial charge in [-0.15, -0.1) is 0 Å². The average Bonchev–Trinajstić information content (AvgIpc) is 2.30. The van der Waals surface area contributed by atoms with E-state index in [1.165, 1.54) is 12.1 Å². The van der Waals surface area contributed by atoms with Crippen LogP contribution >= 0.6 is 0 Å². The Balaban J connectivity index is 2.57. The molecular weight excluding hydrogens is 246 g/mol. The second kappa shape index (κ2) is 6.12. The van der Waals surface area contributed by atoms with E-state index >= 15 is 0 Å². The number of hydrogen-bond acceptors (Lipinski definition) is 3. The van der Waals surface area contributed by atoms with Crippen LogP contribution in [0.1, 0.15) is 6.92 Å². The summed E-state index contributed by atoms with van der Waals surface area (Å²) in [6.45, 7) is 2.01. The Hall–Kier alpha value is -0.720. The standard InChI is InChI=1S/C10H15NO3S2/c1-2-15(12)9-8-11-16(13,14)10-6-4-3-5-7-10/h3-7,11H,2,8-9H2,1H3. The van der Waals surface area contributed by atoms with Gasteiger partial charge in [0.25, 0.3) is 0 Å². The van der Waals surface area contributed by atoms with Crippen molar-refractivity contribution in [2.24, 2.45) is 0 Å². The highest BCUT2D eigenvalue weighted by atomic mass is 32.2. The van der Waals surface area contributed by atoms with Crippen molar-refractivity contribution in [2.75, 3.05) is 18.1 Å². The SMILES string of the molecule is CCS(=O)CCNS(=O)(=O)c1ccccc1. The first-order chi connectivity index (χ1) is 7.56. The fraction of sp³-hybridized carbons (Fsp3) is 0.400. The molecule has 90 valence electrons. The van der Waals surface area contributed by atoms with E-state index in [0.717, 1.165) is 0 Å². The maximum atomic E-state index is 11.7. The second-order valence-electron chi connectivity index (χ2n) is 3.14. The van der Waals surface area contributed by atoms with E-state index in [2.05, 4.69) is 4.72 Å². The van der Waals surface area contributed by atoms with Gasteiger partial charge in [-0.2, -0.15) is 0 Å². The third-order valence-electron chi connectivity index (χ3n) is 2.00. The molecule has 0 spiro atoms. The van der Waals surface area contributed by atoms with E-state index in [1.807, 2.05) is 6.92 Å². The molecule has 0 aliphatic heterocycles. The Kier molecular flexibility index (Phi) is 5.11. The molecule has 1 rings (SSSR count). The molecule has 1 aromatic carbocycles. The summed E-state index contributed by atoms with van der Waals surface area (Å²) in [6, 6.07) is 8.14. The summed E-state index contributed by atoms with van der Waals surface area (Å²) in [7, 11) is -4.39. The molecule has 0 saturated heterocycles. The summed E-state index contributed by atoms with van der Waals surface area (Å²) in [6.07, 6.45) is 0. The molecule has 1 N–H and O–H groups in total. The molecule has 0 saturated carbocycles. The van der Waals surface area contributed by atoms with E-state index in [4.69, 9.17) is 0 Å². The first kappa shape index (κ1) is 13.3. The number of hydrogen-bond donors (Lipinski definition) is 1. The molecule has 0 amide bonds. The minimum absolute atomic E-state index is 0.206. The molecule has 0 bridgehead atoms. The molecule has 0 radical (unpaired) electrons. The predicted molar refractivity (Wildman–Crippen MR) is 65.2 cm³/mol. The molecule has 1 aromatic rings. The molecular formula is C10H15NO3S2. The predicted octanol–water partition coefficient (Wildman–Crippen LogP) is 0.733. The summed E-state index contributed by atoms with van der Waals surface area (Å²) in [5.74, 6) is 0.898. The van der Waals surface area contributed by atoms with Crippen LogP contribution in [0.15, 0.2) is 35.2 Å². The quantitative estimate of drug-likeness (QED) is 0.821. The Morgan fingerprint density at radius 3 is 2.44 bits per heavy atom. The van der Waals surface area contributed by atoms with Gasteiger partial charge < -0.3 is 0 Å². The topological polar surface area (TPSA) is 63.2 Å². The van der Waals surface area contributed by atoms with Crippen LogP contribution in [0.25, 0.3) is 0 Å². The average molecular weight is 261 g/mol. The molecule has 0 fully saturated rings. The van der Waals surface area contributed by atoms with Gasteiger partial charge in [0.1, 0.15) is 0 Å². The largest absolute Gasteiger partial charge is 0.260 e. The van der Waals surface area contributed by atoms with Gasteiger partial charge in [-0.05, 0) is 12.1 Å². The van der Waals surface area contributed by atoms with Gasteiger partial charge in [0.2, 0.25) is 10.0 Å². The van der Waals surface area contributed by atoms with E-state index in [-0.39, 0.29) is 11.4 Å². The lowest BCUT2D eigenvalue weighted by atomic mass is 10.4. The zero-order chi connectivity index (χ0) is 12.0. The van der Waals surface area contributed by atoms with E-state index < -0.39 is 20.8 Å². The Morgan fingerprint density at radius 1 is 1.25 bits per heavy atom. The minimum Gasteiger partial charge on any atom is -0.260 e. The van der Waals surface area contributed by atoms with Gasteiger partial charge >= 0.3 is 0 Å². The number of benzene rings is 1. The van der Waals surface area contributed by atoms with Gasteiger partial charge in [0.05, 0.1) is 4.90 Å². The summed E-state index contributed by atoms with van der Waals surface area (Å²) in [4.78, 5) is 0.234. The van der Waals surface area contributed by atoms with Crippen LogP contribution in [-0.2, 0) is 20.8 Å². The maximum absolute atomic E-state index is 11.7. The molecule has 1 unspecified atom stereocenters. The zero-order valence-electron chi connectivity index (χ0n) is 9.05. The van der Waals surface area contributed by atoms with Crippen LogP contribution in [-0.4, -0.2) is 30.7 Å². The van der Waals surface area contributed by atoms with E-state index in [9.17, 15) is 12.6 Å². The van der Waals surface area contributed by atoms with Gasteiger partial charge in [-0.3, -0.25) is 4.21 Å². The monoisotopic (exact) mass is 261 g/mol. The molecule has 4 nitrogen and oxygen atoms in total. The lowest BCUT2D eigenvalue weighted by molar-refractivity contribution is 0.584. The van der Waals surface area contributed by atoms with Crippen LogP contribution in [0.2, 0.25) is 0 Å². The van der Waals surface area contributed by atoms with Gasteiger partial charge in [-0.25, -0.2) is 13.1 Å². The first-order valence-electron chi connectivity index (χ1n) is 4.96. The van der Waals surface area contributed by atoms with E-state index in [1.54, 1.807) is 18.2 Å². The van der Waals surface area contributed by atoms with Crippen molar-refractivity contribution in [1.29, 1.82) is 0 Å². The number of nitrogens with one attached hydrogen (secondary N) is 1. The fourth-order valence-corrected chi connectivity index (χ4v) is 2.92. The zero-order valence-corrected chi connectivity index (χ0v) is 10.7. The van der Waals surface area contributed by atoms with Crippen molar-refractivity contribution in [3.63, 3.8) is 0 Å². The van der Waals surface area contributed by atoms with Crippen LogP contribution in [0.5, 0.6) is 0 Å². The van der Waals surface area contributed by atoms with Crippen molar-refractivity contribution in [3.05, 3.63) is 30.3 Å². The summed E-state index contributed by atoms with van der Waals surface area (Å²) in [5, 5.41) is 0. The Bertz CT molecular complexity index is 442. The van der Waals surface area contributed by atoms with Crippen molar-refractivity contribution in [2.45, 2.75) is 11.8 Å². The van der Waals surface area contributed by atoms with Crippen LogP contribution in [0.3, 0.4) is 0 Å². The molecule has 0 heterocycles. The van der Waals surface area contributed by atoms with Crippen molar-refractivity contribution < 1.29 is 12.6 Å². The Labute approximate surface area is 98.6 Å². The van der Waals surface area contributed by atoms with Crippen LogP contribution in [0, 0.1) is 0 Å². The van der Waals surface area contributed by atoms with E-state index in [0.29, 0.717) is 11.5 Å². The fourth-order valence-electron chi connectivity index (χ4n) is 1.12. The summed E-state index contributed by atoms with van der Waals surface area (Å²) in [5.41, 5.74) is 0. The molecule has 0 aliphatic rings. The number of sulfonamides is 1. The highest BCUT2D eigenvalue weighted by molar-refractivity contribution is 7.89. The minimum atomic E-state index is -3.45. The van der Waals surface area contributed by atoms with Crippen molar-refractivity contribution in [1.82, 2.24) is 4.72 Å². The van der Waals surface area contributed by atoms with Crippen LogP contribution < -0.4 is 4.72 Å². The lowest BCUT2D eigenvalue weighted by Gasteiger charge is -2.05. The van der Waals surface area contributed by atoms with Gasteiger partial charge in [0.15, 0.2) is 0 Å². The maximum Gasteiger partial charge on any atom is 0.240 e. The molecule has 0 aromatic heterocycles. The molecule has 0 aliphatic carbocycles. The first-order valence-corrected chi connectivity index (χ1v) is 7.93. The smallest absolute Gasteiger partial charge is 0.240 e. The molecule has 6 heteroatoms. The van der Waals surface area contributed by atoms with Crippen LogP contribution in [0.4, 0.5) is 0 Å². The third-order valence-corrected chi connectivity index (χ3v) is 4.78. The van der Waals surface area contributed by atoms with Gasteiger partial charge in [0, 0.05) is 28.9 Å².